The zero-order valence-corrected chi connectivity index (χ0v) is 19.3. The first-order valence-corrected chi connectivity index (χ1v) is 11.3. The summed E-state index contributed by atoms with van der Waals surface area (Å²) in [5, 5.41) is 2.77. The molecule has 0 aliphatic carbocycles. The molecule has 5 aromatic rings. The third kappa shape index (κ3) is 4.39. The van der Waals surface area contributed by atoms with Gasteiger partial charge in [0.2, 0.25) is 0 Å². The molecular formula is C25H21N5O3S. The number of aryl methyl sites for hydroxylation is 1. The molecule has 0 saturated carbocycles. The fourth-order valence-corrected chi connectivity index (χ4v) is 4.67. The number of hydrogen-bond acceptors (Lipinski definition) is 7. The van der Waals surface area contributed by atoms with Crippen molar-refractivity contribution in [1.29, 1.82) is 0 Å². The molecule has 0 aliphatic heterocycles. The number of carbonyl (C=O) groups is 1. The molecule has 1 aromatic carbocycles. The summed E-state index contributed by atoms with van der Waals surface area (Å²) in [7, 11) is 3.46. The van der Waals surface area contributed by atoms with Gasteiger partial charge in [0, 0.05) is 45.0 Å². The number of nitrogens with zero attached hydrogens (tertiary/aromatic N) is 4. The Balaban J connectivity index is 1.35. The van der Waals surface area contributed by atoms with Crippen molar-refractivity contribution in [2.45, 2.75) is 6.10 Å². The summed E-state index contributed by atoms with van der Waals surface area (Å²) in [5.41, 5.74) is 1.55. The van der Waals surface area contributed by atoms with Crippen LogP contribution in [0.3, 0.4) is 0 Å². The first-order valence-electron chi connectivity index (χ1n) is 10.5. The number of ether oxygens (including phenoxy) is 2. The van der Waals surface area contributed by atoms with E-state index < -0.39 is 6.10 Å². The average molecular weight is 472 g/mol. The van der Waals surface area contributed by atoms with E-state index in [-0.39, 0.29) is 5.91 Å². The number of carbonyl (C=O) groups excluding carboxylic acids is 1. The second-order valence-corrected chi connectivity index (χ2v) is 8.54. The van der Waals surface area contributed by atoms with Crippen molar-refractivity contribution in [3.8, 4) is 22.2 Å². The van der Waals surface area contributed by atoms with Gasteiger partial charge in [-0.25, -0.2) is 9.97 Å². The lowest BCUT2D eigenvalue weighted by Crippen LogP contribution is -2.23. The van der Waals surface area contributed by atoms with Crippen LogP contribution in [-0.4, -0.2) is 32.5 Å². The van der Waals surface area contributed by atoms with Crippen molar-refractivity contribution in [3.05, 3.63) is 84.9 Å². The highest BCUT2D eigenvalue weighted by Crippen LogP contribution is 2.38. The van der Waals surface area contributed by atoms with E-state index in [1.54, 1.807) is 48.1 Å². The topological polar surface area (TPSA) is 91.2 Å². The van der Waals surface area contributed by atoms with Crippen LogP contribution in [0.5, 0.6) is 11.5 Å². The van der Waals surface area contributed by atoms with Crippen LogP contribution in [0, 0.1) is 0 Å². The highest BCUT2D eigenvalue weighted by Gasteiger charge is 2.21. The Kier molecular flexibility index (Phi) is 6.03. The van der Waals surface area contributed by atoms with Crippen LogP contribution in [-0.2, 0) is 16.6 Å². The maximum Gasteiger partial charge on any atom is 0.259 e. The number of amides is 1. The Morgan fingerprint density at radius 3 is 2.59 bits per heavy atom. The number of rotatable bonds is 7. The summed E-state index contributed by atoms with van der Waals surface area (Å²) < 4.78 is 14.5. The van der Waals surface area contributed by atoms with E-state index in [1.807, 2.05) is 54.2 Å². The number of methoxy groups -OCH3 is 1. The third-order valence-corrected chi connectivity index (χ3v) is 6.35. The Morgan fingerprint density at radius 2 is 1.88 bits per heavy atom. The van der Waals surface area contributed by atoms with Gasteiger partial charge in [-0.15, -0.1) is 11.3 Å². The fraction of sp³-hybridized carbons (Fsp3) is 0.120. The van der Waals surface area contributed by atoms with Gasteiger partial charge in [0.1, 0.15) is 23.1 Å². The van der Waals surface area contributed by atoms with E-state index in [2.05, 4.69) is 20.3 Å². The molecule has 1 amide bonds. The monoisotopic (exact) mass is 471 g/mol. The Bertz CT molecular complexity index is 1430. The summed E-state index contributed by atoms with van der Waals surface area (Å²) >= 11 is 1.58. The minimum atomic E-state index is -0.777. The highest BCUT2D eigenvalue weighted by atomic mass is 32.1. The minimum absolute atomic E-state index is 0.300. The number of hydrogen-bond donors (Lipinski definition) is 1. The van der Waals surface area contributed by atoms with Crippen LogP contribution in [0.2, 0.25) is 0 Å². The molecule has 4 aromatic heterocycles. The van der Waals surface area contributed by atoms with Crippen LogP contribution in [0.15, 0.2) is 79.4 Å². The lowest BCUT2D eigenvalue weighted by Gasteiger charge is -2.16. The molecule has 5 rings (SSSR count). The van der Waals surface area contributed by atoms with Crippen LogP contribution < -0.4 is 10.1 Å². The number of thiophene rings is 1. The fourth-order valence-electron chi connectivity index (χ4n) is 3.57. The Labute approximate surface area is 199 Å². The molecule has 0 bridgehead atoms. The molecule has 8 nitrogen and oxygen atoms in total. The van der Waals surface area contributed by atoms with E-state index in [0.29, 0.717) is 22.9 Å². The molecule has 34 heavy (non-hydrogen) atoms. The van der Waals surface area contributed by atoms with Gasteiger partial charge in [0.15, 0.2) is 6.10 Å². The van der Waals surface area contributed by atoms with Crippen molar-refractivity contribution < 1.29 is 14.3 Å². The standard InChI is InChI=1S/C25H21N5O3S/c1-30-14-13-28-24(30)20-15-18-23(34-20)19(10-12-26-18)33-17-8-6-16(7-9-17)22(32-2)25(31)29-21-5-3-4-11-27-21/h3-15,22H,1-2H3,(H,27,29,31)/t22-/m1/s1. The lowest BCUT2D eigenvalue weighted by atomic mass is 10.1. The molecule has 9 heteroatoms. The molecule has 0 saturated heterocycles. The lowest BCUT2D eigenvalue weighted by molar-refractivity contribution is -0.126. The molecular weight excluding hydrogens is 450 g/mol. The van der Waals surface area contributed by atoms with E-state index in [0.717, 1.165) is 20.9 Å². The summed E-state index contributed by atoms with van der Waals surface area (Å²) in [6.45, 7) is 0. The largest absolute Gasteiger partial charge is 0.456 e. The van der Waals surface area contributed by atoms with Crippen molar-refractivity contribution in [3.63, 3.8) is 0 Å². The first kappa shape index (κ1) is 21.7. The van der Waals surface area contributed by atoms with Crippen LogP contribution in [0.25, 0.3) is 20.9 Å². The molecule has 0 aliphatic rings. The predicted octanol–water partition coefficient (Wildman–Crippen LogP) is 5.21. The van der Waals surface area contributed by atoms with Gasteiger partial charge in [-0.3, -0.25) is 9.78 Å². The number of imidazole rings is 1. The molecule has 1 N–H and O–H groups in total. The number of benzene rings is 1. The summed E-state index contributed by atoms with van der Waals surface area (Å²) in [6, 6.07) is 16.4. The SMILES string of the molecule is CO[C@@H](C(=O)Nc1ccccn1)c1ccc(Oc2ccnc3cc(-c4nccn4C)sc23)cc1. The number of nitrogens with one attached hydrogen (secondary N) is 1. The second kappa shape index (κ2) is 9.42. The molecule has 0 radical (unpaired) electrons. The van der Waals surface area contributed by atoms with Gasteiger partial charge in [0.25, 0.3) is 5.91 Å². The van der Waals surface area contributed by atoms with Crippen molar-refractivity contribution >= 4 is 33.3 Å². The predicted molar refractivity (Wildman–Crippen MR) is 131 cm³/mol. The number of pyridine rings is 2. The summed E-state index contributed by atoms with van der Waals surface area (Å²) in [5.74, 6) is 2.40. The molecule has 4 heterocycles. The Morgan fingerprint density at radius 1 is 1.03 bits per heavy atom. The normalized spacial score (nSPS) is 11.9. The first-order chi connectivity index (χ1) is 16.6. The van der Waals surface area contributed by atoms with E-state index in [9.17, 15) is 4.79 Å². The van der Waals surface area contributed by atoms with Gasteiger partial charge in [-0.05, 0) is 35.9 Å². The zero-order chi connectivity index (χ0) is 23.5. The van der Waals surface area contributed by atoms with Gasteiger partial charge in [0.05, 0.1) is 15.1 Å². The van der Waals surface area contributed by atoms with E-state index in [1.165, 1.54) is 7.11 Å². The van der Waals surface area contributed by atoms with Crippen LogP contribution >= 0.6 is 11.3 Å². The Hall–Kier alpha value is -4.08. The zero-order valence-electron chi connectivity index (χ0n) is 18.5. The smallest absolute Gasteiger partial charge is 0.259 e. The maximum atomic E-state index is 12.7. The quantitative estimate of drug-likeness (QED) is 0.350. The van der Waals surface area contributed by atoms with E-state index >= 15 is 0 Å². The molecule has 0 fully saturated rings. The third-order valence-electron chi connectivity index (χ3n) is 5.22. The van der Waals surface area contributed by atoms with E-state index in [4.69, 9.17) is 9.47 Å². The van der Waals surface area contributed by atoms with Gasteiger partial charge in [-0.2, -0.15) is 0 Å². The minimum Gasteiger partial charge on any atom is -0.456 e. The van der Waals surface area contributed by atoms with Gasteiger partial charge < -0.3 is 19.4 Å². The highest BCUT2D eigenvalue weighted by molar-refractivity contribution is 7.22. The summed E-state index contributed by atoms with van der Waals surface area (Å²) in [6.07, 6.45) is 6.25. The van der Waals surface area contributed by atoms with Crippen molar-refractivity contribution in [2.75, 3.05) is 12.4 Å². The average Bonchev–Trinajstić information content (AvgIpc) is 3.47. The van der Waals surface area contributed by atoms with Crippen molar-refractivity contribution in [2.24, 2.45) is 7.05 Å². The molecule has 0 spiro atoms. The van der Waals surface area contributed by atoms with Crippen LogP contribution in [0.1, 0.15) is 11.7 Å². The second-order valence-electron chi connectivity index (χ2n) is 7.49. The number of fused-ring (bicyclic) bond motifs is 1. The molecule has 0 unspecified atom stereocenters. The maximum absolute atomic E-state index is 12.7. The number of aromatic nitrogens is 4. The van der Waals surface area contributed by atoms with Crippen LogP contribution in [0.4, 0.5) is 5.82 Å². The summed E-state index contributed by atoms with van der Waals surface area (Å²) in [4.78, 5) is 26.7. The van der Waals surface area contributed by atoms with Gasteiger partial charge >= 0.3 is 0 Å². The molecule has 170 valence electrons. The number of anilines is 1. The van der Waals surface area contributed by atoms with Crippen molar-refractivity contribution in [1.82, 2.24) is 19.5 Å². The molecule has 1 atom stereocenters. The van der Waals surface area contributed by atoms with Gasteiger partial charge in [-0.1, -0.05) is 18.2 Å².